The second kappa shape index (κ2) is 3.74. The number of pyridine rings is 1. The Bertz CT molecular complexity index is 707. The number of para-hydroxylation sites is 1. The summed E-state index contributed by atoms with van der Waals surface area (Å²) in [7, 11) is 2.09. The van der Waals surface area contributed by atoms with Crippen molar-refractivity contribution in [2.24, 2.45) is 7.05 Å². The van der Waals surface area contributed by atoms with Crippen molar-refractivity contribution in [1.82, 2.24) is 9.55 Å². The molecule has 0 saturated heterocycles. The van der Waals surface area contributed by atoms with Crippen molar-refractivity contribution in [2.75, 3.05) is 0 Å². The van der Waals surface area contributed by atoms with Gasteiger partial charge in [-0.3, -0.25) is 4.98 Å². The normalized spacial score (nSPS) is 11.1. The first-order valence-electron chi connectivity index (χ1n) is 5.74. The third-order valence-corrected chi connectivity index (χ3v) is 3.19. The number of hydrogen-bond donors (Lipinski definition) is 0. The van der Waals surface area contributed by atoms with Crippen LogP contribution in [0.1, 0.15) is 5.56 Å². The van der Waals surface area contributed by atoms with Crippen LogP contribution in [-0.2, 0) is 13.5 Å². The lowest BCUT2D eigenvalue weighted by atomic mass is 10.2. The third kappa shape index (κ3) is 1.45. The Balaban J connectivity index is 2.40. The highest BCUT2D eigenvalue weighted by atomic mass is 15.0. The molecule has 2 aromatic heterocycles. The van der Waals surface area contributed by atoms with Gasteiger partial charge in [-0.25, -0.2) is 0 Å². The largest absolute Gasteiger partial charge is 0.342 e. The van der Waals surface area contributed by atoms with E-state index in [0.29, 0.717) is 0 Å². The molecule has 0 N–H and O–H groups in total. The number of rotatable bonds is 2. The van der Waals surface area contributed by atoms with Gasteiger partial charge in [-0.05, 0) is 24.1 Å². The van der Waals surface area contributed by atoms with Gasteiger partial charge >= 0.3 is 0 Å². The van der Waals surface area contributed by atoms with Gasteiger partial charge in [0.1, 0.15) is 0 Å². The molecular weight excluding hydrogens is 208 g/mol. The van der Waals surface area contributed by atoms with Crippen LogP contribution in [0.2, 0.25) is 0 Å². The minimum Gasteiger partial charge on any atom is -0.342 e. The average molecular weight is 222 g/mol. The van der Waals surface area contributed by atoms with E-state index in [1.54, 1.807) is 0 Å². The summed E-state index contributed by atoms with van der Waals surface area (Å²) in [4.78, 5) is 4.58. The van der Waals surface area contributed by atoms with Crippen molar-refractivity contribution in [3.8, 4) is 0 Å². The Hall–Kier alpha value is -2.09. The van der Waals surface area contributed by atoms with Crippen LogP contribution in [-0.4, -0.2) is 9.55 Å². The molecule has 0 aliphatic heterocycles. The van der Waals surface area contributed by atoms with E-state index >= 15 is 0 Å². The van der Waals surface area contributed by atoms with E-state index in [9.17, 15) is 0 Å². The van der Waals surface area contributed by atoms with E-state index in [0.717, 1.165) is 11.9 Å². The minimum absolute atomic E-state index is 0.866. The summed E-state index contributed by atoms with van der Waals surface area (Å²) >= 11 is 0. The Kier molecular flexibility index (Phi) is 2.22. The highest BCUT2D eigenvalue weighted by molar-refractivity contribution is 6.05. The predicted molar refractivity (Wildman–Crippen MR) is 72.1 cm³/mol. The first-order valence-corrected chi connectivity index (χ1v) is 5.74. The van der Waals surface area contributed by atoms with Crippen molar-refractivity contribution in [3.05, 3.63) is 54.7 Å². The Morgan fingerprint density at radius 2 is 2.12 bits per heavy atom. The van der Waals surface area contributed by atoms with Crippen molar-refractivity contribution in [1.29, 1.82) is 0 Å². The fourth-order valence-corrected chi connectivity index (χ4v) is 2.33. The van der Waals surface area contributed by atoms with E-state index in [2.05, 4.69) is 53.5 Å². The summed E-state index contributed by atoms with van der Waals surface area (Å²) in [6, 6.07) is 10.6. The molecule has 0 fully saturated rings. The fourth-order valence-electron chi connectivity index (χ4n) is 2.33. The average Bonchev–Trinajstić information content (AvgIpc) is 2.65. The molecule has 0 aliphatic carbocycles. The molecule has 1 aromatic carbocycles. The summed E-state index contributed by atoms with van der Waals surface area (Å²) in [6.07, 6.45) is 4.71. The van der Waals surface area contributed by atoms with Crippen LogP contribution >= 0.6 is 0 Å². The second-order valence-electron chi connectivity index (χ2n) is 4.28. The van der Waals surface area contributed by atoms with Gasteiger partial charge in [0.25, 0.3) is 0 Å². The van der Waals surface area contributed by atoms with Gasteiger partial charge in [0, 0.05) is 18.6 Å². The molecule has 3 aromatic rings. The molecule has 3 rings (SSSR count). The van der Waals surface area contributed by atoms with Gasteiger partial charge in [-0.1, -0.05) is 24.3 Å². The van der Waals surface area contributed by atoms with Gasteiger partial charge in [0.15, 0.2) is 0 Å². The van der Waals surface area contributed by atoms with Crippen LogP contribution in [0.25, 0.3) is 21.9 Å². The Morgan fingerprint density at radius 1 is 1.29 bits per heavy atom. The van der Waals surface area contributed by atoms with E-state index in [1.165, 1.54) is 22.0 Å². The van der Waals surface area contributed by atoms with Crippen LogP contribution in [0.3, 0.4) is 0 Å². The molecule has 84 valence electrons. The number of benzene rings is 1. The van der Waals surface area contributed by atoms with Crippen molar-refractivity contribution in [3.63, 3.8) is 0 Å². The van der Waals surface area contributed by atoms with Crippen LogP contribution in [0.5, 0.6) is 0 Å². The van der Waals surface area contributed by atoms with Gasteiger partial charge < -0.3 is 4.57 Å². The summed E-state index contributed by atoms with van der Waals surface area (Å²) < 4.78 is 2.20. The number of aryl methyl sites for hydroxylation is 1. The predicted octanol–water partition coefficient (Wildman–Crippen LogP) is 3.46. The molecular formula is C15H14N2. The molecule has 2 heterocycles. The Labute approximate surface area is 100 Å². The first-order chi connectivity index (χ1) is 8.31. The second-order valence-corrected chi connectivity index (χ2v) is 4.28. The lowest BCUT2D eigenvalue weighted by Crippen LogP contribution is -1.89. The standard InChI is InChI=1S/C15H14N2/c1-3-6-11-9-14-15(16-10-11)12-7-4-5-8-13(12)17(14)2/h3-5,7-10H,1,6H2,2H3. The molecule has 0 radical (unpaired) electrons. The number of nitrogens with zero attached hydrogens (tertiary/aromatic N) is 2. The van der Waals surface area contributed by atoms with Crippen LogP contribution in [0, 0.1) is 0 Å². The zero-order valence-corrected chi connectivity index (χ0v) is 9.85. The smallest absolute Gasteiger partial charge is 0.0959 e. The van der Waals surface area contributed by atoms with Gasteiger partial charge in [-0.2, -0.15) is 0 Å². The third-order valence-electron chi connectivity index (χ3n) is 3.19. The van der Waals surface area contributed by atoms with E-state index in [4.69, 9.17) is 0 Å². The molecule has 0 bridgehead atoms. The minimum atomic E-state index is 0.866. The lowest BCUT2D eigenvalue weighted by Gasteiger charge is -1.99. The molecule has 0 saturated carbocycles. The monoisotopic (exact) mass is 222 g/mol. The molecule has 0 aliphatic rings. The molecule has 0 spiro atoms. The van der Waals surface area contributed by atoms with Crippen LogP contribution < -0.4 is 0 Å². The highest BCUT2D eigenvalue weighted by Crippen LogP contribution is 2.26. The SMILES string of the molecule is C=CCc1cnc2c3ccccc3n(C)c2c1. The topological polar surface area (TPSA) is 17.8 Å². The maximum Gasteiger partial charge on any atom is 0.0959 e. The van der Waals surface area contributed by atoms with Crippen LogP contribution in [0.15, 0.2) is 49.2 Å². The van der Waals surface area contributed by atoms with Crippen molar-refractivity contribution < 1.29 is 0 Å². The van der Waals surface area contributed by atoms with Crippen molar-refractivity contribution >= 4 is 21.9 Å². The van der Waals surface area contributed by atoms with Crippen molar-refractivity contribution in [2.45, 2.75) is 6.42 Å². The number of hydrogen-bond acceptors (Lipinski definition) is 1. The molecule has 0 unspecified atom stereocenters. The van der Waals surface area contributed by atoms with Gasteiger partial charge in [-0.15, -0.1) is 6.58 Å². The maximum absolute atomic E-state index is 4.58. The summed E-state index contributed by atoms with van der Waals surface area (Å²) in [6.45, 7) is 3.77. The first kappa shape index (κ1) is 10.1. The van der Waals surface area contributed by atoms with Gasteiger partial charge in [0.2, 0.25) is 0 Å². The van der Waals surface area contributed by atoms with E-state index in [1.807, 2.05) is 12.3 Å². The number of aromatic nitrogens is 2. The summed E-state index contributed by atoms with van der Waals surface area (Å²) in [5.74, 6) is 0. The summed E-state index contributed by atoms with van der Waals surface area (Å²) in [5.41, 5.74) is 4.70. The lowest BCUT2D eigenvalue weighted by molar-refractivity contribution is 1.01. The maximum atomic E-state index is 4.58. The van der Waals surface area contributed by atoms with Gasteiger partial charge in [0.05, 0.1) is 16.6 Å². The fraction of sp³-hybridized carbons (Fsp3) is 0.133. The van der Waals surface area contributed by atoms with E-state index in [-0.39, 0.29) is 0 Å². The molecule has 17 heavy (non-hydrogen) atoms. The Morgan fingerprint density at radius 3 is 2.94 bits per heavy atom. The molecule has 2 heteroatoms. The van der Waals surface area contributed by atoms with E-state index < -0.39 is 0 Å². The molecule has 2 nitrogen and oxygen atoms in total. The zero-order valence-electron chi connectivity index (χ0n) is 9.85. The van der Waals surface area contributed by atoms with Crippen LogP contribution in [0.4, 0.5) is 0 Å². The quantitative estimate of drug-likeness (QED) is 0.607. The number of fused-ring (bicyclic) bond motifs is 3. The summed E-state index contributed by atoms with van der Waals surface area (Å²) in [5, 5.41) is 1.22. The number of allylic oxidation sites excluding steroid dienone is 1. The molecule has 0 amide bonds. The zero-order chi connectivity index (χ0) is 11.8. The highest BCUT2D eigenvalue weighted by Gasteiger charge is 2.08. The molecule has 0 atom stereocenters.